The number of hydrogen-bond donors (Lipinski definition) is 1. The zero-order chi connectivity index (χ0) is 19.6. The van der Waals surface area contributed by atoms with Crippen LogP contribution in [0.25, 0.3) is 5.69 Å². The van der Waals surface area contributed by atoms with Crippen LogP contribution < -0.4 is 5.32 Å². The molecule has 5 nitrogen and oxygen atoms in total. The van der Waals surface area contributed by atoms with Crippen LogP contribution in [0.15, 0.2) is 48.7 Å². The van der Waals surface area contributed by atoms with E-state index < -0.39 is 10.8 Å². The Labute approximate surface area is 161 Å². The van der Waals surface area contributed by atoms with Gasteiger partial charge in [0.2, 0.25) is 0 Å². The Morgan fingerprint density at radius 1 is 1.15 bits per heavy atom. The lowest BCUT2D eigenvalue weighted by Crippen LogP contribution is -2.13. The largest absolute Gasteiger partial charge is 0.319 e. The molecule has 1 N–H and O–H groups in total. The summed E-state index contributed by atoms with van der Waals surface area (Å²) >= 11 is 0. The fourth-order valence-electron chi connectivity index (χ4n) is 2.95. The zero-order valence-corrected chi connectivity index (χ0v) is 16.8. The molecule has 2 aromatic carbocycles. The molecule has 3 aromatic rings. The van der Waals surface area contributed by atoms with E-state index in [0.29, 0.717) is 17.0 Å². The minimum Gasteiger partial charge on any atom is -0.319 e. The standard InChI is InChI=1S/C21H23N3O2S/c1-14-8-9-15(2)20(10-14)24-16(3)19(12-22-24)23-21(25)18-7-5-6-17(11-18)13-27(4)26/h5-12H,13H2,1-4H3,(H,23,25). The number of aromatic nitrogens is 2. The number of nitrogens with one attached hydrogen (secondary N) is 1. The molecule has 0 aliphatic heterocycles. The maximum absolute atomic E-state index is 12.6. The highest BCUT2D eigenvalue weighted by molar-refractivity contribution is 7.83. The van der Waals surface area contributed by atoms with E-state index in [1.807, 2.05) is 37.6 Å². The molecule has 3 rings (SSSR count). The number of carbonyl (C=O) groups is 1. The highest BCUT2D eigenvalue weighted by Gasteiger charge is 2.14. The van der Waals surface area contributed by atoms with E-state index in [-0.39, 0.29) is 5.91 Å². The molecule has 0 spiro atoms. The lowest BCUT2D eigenvalue weighted by Gasteiger charge is -2.10. The number of hydrogen-bond acceptors (Lipinski definition) is 3. The molecule has 0 aliphatic carbocycles. The van der Waals surface area contributed by atoms with Gasteiger partial charge in [-0.3, -0.25) is 9.00 Å². The number of amides is 1. The van der Waals surface area contributed by atoms with Gasteiger partial charge in [0, 0.05) is 28.4 Å². The number of nitrogens with zero attached hydrogens (tertiary/aromatic N) is 2. The second-order valence-corrected chi connectivity index (χ2v) is 8.15. The minimum absolute atomic E-state index is 0.206. The van der Waals surface area contributed by atoms with Gasteiger partial charge >= 0.3 is 0 Å². The van der Waals surface area contributed by atoms with Gasteiger partial charge in [0.1, 0.15) is 0 Å². The van der Waals surface area contributed by atoms with Crippen molar-refractivity contribution in [3.8, 4) is 5.69 Å². The number of aryl methyl sites for hydroxylation is 2. The van der Waals surface area contributed by atoms with Crippen molar-refractivity contribution < 1.29 is 9.00 Å². The monoisotopic (exact) mass is 381 g/mol. The van der Waals surface area contributed by atoms with Crippen molar-refractivity contribution in [1.82, 2.24) is 9.78 Å². The Morgan fingerprint density at radius 3 is 2.67 bits per heavy atom. The van der Waals surface area contributed by atoms with Gasteiger partial charge in [-0.15, -0.1) is 0 Å². The predicted molar refractivity (Wildman–Crippen MR) is 110 cm³/mol. The summed E-state index contributed by atoms with van der Waals surface area (Å²) < 4.78 is 13.3. The van der Waals surface area contributed by atoms with Gasteiger partial charge < -0.3 is 5.32 Å². The van der Waals surface area contributed by atoms with Gasteiger partial charge in [-0.2, -0.15) is 5.10 Å². The zero-order valence-electron chi connectivity index (χ0n) is 15.9. The Morgan fingerprint density at radius 2 is 1.93 bits per heavy atom. The third kappa shape index (κ3) is 4.34. The van der Waals surface area contributed by atoms with Crippen LogP contribution in [-0.4, -0.2) is 26.2 Å². The molecule has 1 aromatic heterocycles. The lowest BCUT2D eigenvalue weighted by molar-refractivity contribution is 0.102. The first-order valence-corrected chi connectivity index (χ1v) is 10.4. The Hall–Kier alpha value is -2.73. The minimum atomic E-state index is -0.947. The summed E-state index contributed by atoms with van der Waals surface area (Å²) in [7, 11) is -0.947. The number of carbonyl (C=O) groups excluding carboxylic acids is 1. The molecule has 0 bridgehead atoms. The topological polar surface area (TPSA) is 64.0 Å². The molecule has 140 valence electrons. The lowest BCUT2D eigenvalue weighted by atomic mass is 10.1. The average molecular weight is 382 g/mol. The quantitative estimate of drug-likeness (QED) is 0.728. The summed E-state index contributed by atoms with van der Waals surface area (Å²) in [5.41, 5.74) is 6.22. The van der Waals surface area contributed by atoms with E-state index in [1.54, 1.807) is 24.6 Å². The van der Waals surface area contributed by atoms with Crippen LogP contribution in [0.1, 0.15) is 32.7 Å². The molecule has 0 aliphatic rings. The number of rotatable bonds is 5. The average Bonchev–Trinajstić information content (AvgIpc) is 2.97. The van der Waals surface area contributed by atoms with Gasteiger partial charge in [0.15, 0.2) is 0 Å². The Bertz CT molecular complexity index is 1020. The van der Waals surface area contributed by atoms with Crippen LogP contribution in [-0.2, 0) is 16.6 Å². The highest BCUT2D eigenvalue weighted by atomic mass is 32.2. The Balaban J connectivity index is 1.85. The van der Waals surface area contributed by atoms with Gasteiger partial charge in [0.05, 0.1) is 23.3 Å². The van der Waals surface area contributed by atoms with Crippen LogP contribution >= 0.6 is 0 Å². The van der Waals surface area contributed by atoms with Crippen LogP contribution in [0.2, 0.25) is 0 Å². The fraction of sp³-hybridized carbons (Fsp3) is 0.238. The molecule has 1 amide bonds. The van der Waals surface area contributed by atoms with Crippen LogP contribution in [0, 0.1) is 20.8 Å². The van der Waals surface area contributed by atoms with Gasteiger partial charge in [-0.25, -0.2) is 4.68 Å². The summed E-state index contributed by atoms with van der Waals surface area (Å²) in [4.78, 5) is 12.6. The molecular formula is C21H23N3O2S. The summed E-state index contributed by atoms with van der Waals surface area (Å²) in [6, 6.07) is 13.4. The van der Waals surface area contributed by atoms with E-state index in [9.17, 15) is 9.00 Å². The molecule has 0 radical (unpaired) electrons. The fourth-order valence-corrected chi connectivity index (χ4v) is 3.60. The highest BCUT2D eigenvalue weighted by Crippen LogP contribution is 2.22. The van der Waals surface area contributed by atoms with Crippen molar-refractivity contribution in [2.24, 2.45) is 0 Å². The van der Waals surface area contributed by atoms with E-state index in [1.165, 1.54) is 0 Å². The normalized spacial score (nSPS) is 12.0. The first-order chi connectivity index (χ1) is 12.8. The third-order valence-corrected chi connectivity index (χ3v) is 5.15. The van der Waals surface area contributed by atoms with Gasteiger partial charge in [-0.05, 0) is 55.7 Å². The maximum Gasteiger partial charge on any atom is 0.255 e. The predicted octanol–water partition coefficient (Wildman–Crippen LogP) is 3.93. The van der Waals surface area contributed by atoms with E-state index in [2.05, 4.69) is 28.6 Å². The smallest absolute Gasteiger partial charge is 0.255 e. The number of benzene rings is 2. The van der Waals surface area contributed by atoms with Crippen molar-refractivity contribution in [2.45, 2.75) is 26.5 Å². The Kier molecular flexibility index (Phi) is 5.56. The van der Waals surface area contributed by atoms with Crippen molar-refractivity contribution in [1.29, 1.82) is 0 Å². The second-order valence-electron chi connectivity index (χ2n) is 6.72. The molecule has 0 saturated heterocycles. The van der Waals surface area contributed by atoms with E-state index in [0.717, 1.165) is 28.1 Å². The SMILES string of the molecule is Cc1ccc(C)c(-n2ncc(NC(=O)c3cccc(CS(C)=O)c3)c2C)c1. The summed E-state index contributed by atoms with van der Waals surface area (Å²) in [5, 5.41) is 7.39. The van der Waals surface area contributed by atoms with Crippen LogP contribution in [0.5, 0.6) is 0 Å². The molecule has 0 saturated carbocycles. The van der Waals surface area contributed by atoms with E-state index >= 15 is 0 Å². The van der Waals surface area contributed by atoms with Crippen molar-refractivity contribution in [2.75, 3.05) is 11.6 Å². The molecule has 6 heteroatoms. The third-order valence-electron chi connectivity index (χ3n) is 4.41. The summed E-state index contributed by atoms with van der Waals surface area (Å²) in [6.45, 7) is 6.01. The molecule has 1 heterocycles. The molecule has 1 atom stereocenters. The second kappa shape index (κ2) is 7.88. The maximum atomic E-state index is 12.6. The first-order valence-electron chi connectivity index (χ1n) is 8.67. The van der Waals surface area contributed by atoms with Crippen LogP contribution in [0.3, 0.4) is 0 Å². The first kappa shape index (κ1) is 19.0. The van der Waals surface area contributed by atoms with Gasteiger partial charge in [-0.1, -0.05) is 24.3 Å². The van der Waals surface area contributed by atoms with E-state index in [4.69, 9.17) is 0 Å². The molecular weight excluding hydrogens is 358 g/mol. The number of anilines is 1. The molecule has 0 fully saturated rings. The van der Waals surface area contributed by atoms with Gasteiger partial charge in [0.25, 0.3) is 5.91 Å². The molecule has 1 unspecified atom stereocenters. The summed E-state index contributed by atoms with van der Waals surface area (Å²) in [5.74, 6) is 0.229. The molecule has 27 heavy (non-hydrogen) atoms. The van der Waals surface area contributed by atoms with Crippen molar-refractivity contribution in [3.63, 3.8) is 0 Å². The van der Waals surface area contributed by atoms with Crippen molar-refractivity contribution in [3.05, 3.63) is 76.6 Å². The summed E-state index contributed by atoms with van der Waals surface area (Å²) in [6.07, 6.45) is 3.32. The van der Waals surface area contributed by atoms with Crippen molar-refractivity contribution >= 4 is 22.4 Å². The van der Waals surface area contributed by atoms with Crippen LogP contribution in [0.4, 0.5) is 5.69 Å².